The van der Waals surface area contributed by atoms with Gasteiger partial charge in [0.25, 0.3) is 10.0 Å². The van der Waals surface area contributed by atoms with Crippen molar-refractivity contribution in [2.45, 2.75) is 108 Å². The first kappa shape index (κ1) is 37.2. The number of rotatable bonds is 21. The molecule has 0 fully saturated rings. The summed E-state index contributed by atoms with van der Waals surface area (Å²) in [6.45, 7) is 7.35. The van der Waals surface area contributed by atoms with E-state index in [1.807, 2.05) is 25.1 Å². The van der Waals surface area contributed by atoms with Crippen LogP contribution in [0.25, 0.3) is 5.69 Å². The van der Waals surface area contributed by atoms with Crippen molar-refractivity contribution in [2.75, 3.05) is 17.8 Å². The summed E-state index contributed by atoms with van der Waals surface area (Å²) in [5.41, 5.74) is 3.29. The zero-order valence-electron chi connectivity index (χ0n) is 28.6. The summed E-state index contributed by atoms with van der Waals surface area (Å²) in [5, 5.41) is 34.2. The number of hydrogen-bond donors (Lipinski definition) is 4. The van der Waals surface area contributed by atoms with Gasteiger partial charge >= 0.3 is 0 Å². The molecule has 10 nitrogen and oxygen atoms in total. The molecular formula is C37H52N6O4S. The van der Waals surface area contributed by atoms with E-state index in [2.05, 4.69) is 39.2 Å². The minimum atomic E-state index is -3.82. The van der Waals surface area contributed by atoms with Gasteiger partial charge in [0.2, 0.25) is 0 Å². The van der Waals surface area contributed by atoms with Crippen LogP contribution in [0.3, 0.4) is 0 Å². The number of benzene rings is 2. The zero-order valence-corrected chi connectivity index (χ0v) is 29.4. The lowest BCUT2D eigenvalue weighted by Crippen LogP contribution is -2.27. The van der Waals surface area contributed by atoms with Crippen molar-refractivity contribution < 1.29 is 18.6 Å². The quantitative estimate of drug-likeness (QED) is 0.0709. The van der Waals surface area contributed by atoms with Gasteiger partial charge < -0.3 is 15.5 Å². The number of unbranched alkanes of at least 4 members (excludes halogenated alkanes) is 6. The fraction of sp³-hybridized carbons (Fsp3) is 0.486. The van der Waals surface area contributed by atoms with E-state index in [1.54, 1.807) is 59.5 Å². The first-order valence-electron chi connectivity index (χ1n) is 17.3. The molecule has 0 aliphatic carbocycles. The SMILES string of the molecule is CCCCCCC(O)(CCCCCC)c1nnn(-c2ccc(S(=O)(=O)Nc3ccc(CCNC[C@H](O)c4cccnc4)cc3)cc2)c1C. The number of nitrogens with zero attached hydrogens (tertiary/aromatic N) is 4. The molecule has 0 radical (unpaired) electrons. The van der Waals surface area contributed by atoms with Crippen LogP contribution in [-0.4, -0.2) is 51.7 Å². The van der Waals surface area contributed by atoms with Gasteiger partial charge in [-0.15, -0.1) is 5.10 Å². The van der Waals surface area contributed by atoms with E-state index in [0.717, 1.165) is 74.6 Å². The Hall–Kier alpha value is -3.64. The predicted octanol–water partition coefficient (Wildman–Crippen LogP) is 6.77. The zero-order chi connectivity index (χ0) is 34.4. The van der Waals surface area contributed by atoms with Crippen LogP contribution < -0.4 is 10.0 Å². The largest absolute Gasteiger partial charge is 0.387 e. The molecule has 1 atom stereocenters. The van der Waals surface area contributed by atoms with E-state index in [1.165, 1.54) is 0 Å². The van der Waals surface area contributed by atoms with Crippen LogP contribution in [-0.2, 0) is 22.0 Å². The Morgan fingerprint density at radius 3 is 2.17 bits per heavy atom. The molecule has 0 saturated carbocycles. The molecule has 2 aromatic carbocycles. The monoisotopic (exact) mass is 676 g/mol. The van der Waals surface area contributed by atoms with Crippen LogP contribution >= 0.6 is 0 Å². The number of nitrogens with one attached hydrogen (secondary N) is 2. The van der Waals surface area contributed by atoms with Crippen molar-refractivity contribution in [1.29, 1.82) is 0 Å². The van der Waals surface area contributed by atoms with E-state index in [0.29, 0.717) is 43.0 Å². The van der Waals surface area contributed by atoms with Gasteiger partial charge in [-0.2, -0.15) is 0 Å². The molecule has 0 bridgehead atoms. The van der Waals surface area contributed by atoms with Gasteiger partial charge in [0.15, 0.2) is 0 Å². The van der Waals surface area contributed by atoms with Crippen molar-refractivity contribution in [2.24, 2.45) is 0 Å². The number of anilines is 1. The number of aliphatic hydroxyl groups excluding tert-OH is 1. The first-order valence-corrected chi connectivity index (χ1v) is 18.8. The minimum Gasteiger partial charge on any atom is -0.387 e. The molecule has 4 aromatic rings. The number of sulfonamides is 1. The normalized spacial score (nSPS) is 12.7. The minimum absolute atomic E-state index is 0.132. The first-order chi connectivity index (χ1) is 23.2. The number of aliphatic hydroxyl groups is 2. The molecule has 4 rings (SSSR count). The summed E-state index contributed by atoms with van der Waals surface area (Å²) in [7, 11) is -3.82. The predicted molar refractivity (Wildman–Crippen MR) is 191 cm³/mol. The van der Waals surface area contributed by atoms with Crippen molar-refractivity contribution in [3.8, 4) is 5.69 Å². The van der Waals surface area contributed by atoms with Crippen LogP contribution in [0.1, 0.15) is 107 Å². The highest BCUT2D eigenvalue weighted by molar-refractivity contribution is 7.92. The topological polar surface area (TPSA) is 142 Å². The Balaban J connectivity index is 1.35. The summed E-state index contributed by atoms with van der Waals surface area (Å²) in [4.78, 5) is 4.17. The average Bonchev–Trinajstić information content (AvgIpc) is 3.50. The lowest BCUT2D eigenvalue weighted by Gasteiger charge is -2.27. The second-order valence-electron chi connectivity index (χ2n) is 12.6. The molecule has 260 valence electrons. The summed E-state index contributed by atoms with van der Waals surface area (Å²) in [6, 6.07) is 17.4. The van der Waals surface area contributed by atoms with Gasteiger partial charge in [-0.1, -0.05) is 88.6 Å². The fourth-order valence-electron chi connectivity index (χ4n) is 5.94. The third kappa shape index (κ3) is 10.4. The van der Waals surface area contributed by atoms with Gasteiger partial charge in [-0.25, -0.2) is 13.1 Å². The van der Waals surface area contributed by atoms with Gasteiger partial charge in [0, 0.05) is 30.2 Å². The van der Waals surface area contributed by atoms with Crippen molar-refractivity contribution in [1.82, 2.24) is 25.3 Å². The van der Waals surface area contributed by atoms with Gasteiger partial charge in [0.05, 0.1) is 22.4 Å². The Morgan fingerprint density at radius 2 is 1.56 bits per heavy atom. The molecule has 2 aromatic heterocycles. The van der Waals surface area contributed by atoms with Gasteiger partial charge in [-0.3, -0.25) is 9.71 Å². The van der Waals surface area contributed by atoms with Crippen LogP contribution in [0.2, 0.25) is 0 Å². The third-order valence-corrected chi connectivity index (χ3v) is 10.2. The second-order valence-corrected chi connectivity index (χ2v) is 14.3. The maximum absolute atomic E-state index is 13.2. The summed E-state index contributed by atoms with van der Waals surface area (Å²) >= 11 is 0. The van der Waals surface area contributed by atoms with Crippen LogP contribution in [0, 0.1) is 6.92 Å². The highest BCUT2D eigenvalue weighted by Gasteiger charge is 2.34. The average molecular weight is 677 g/mol. The molecule has 48 heavy (non-hydrogen) atoms. The Kier molecular flexibility index (Phi) is 14.1. The molecule has 0 spiro atoms. The molecular weight excluding hydrogens is 625 g/mol. The van der Waals surface area contributed by atoms with Crippen molar-refractivity contribution in [3.63, 3.8) is 0 Å². The standard InChI is InChI=1S/C37H52N6O4S/c1-4-6-8-10-23-37(45,24-11-9-7-5-2)36-29(3)43(42-40-36)33-18-20-34(21-19-33)48(46,47)41-32-16-14-30(15-17-32)22-26-39-28-35(44)31-13-12-25-38-27-31/h12-21,25,27,35,39,41,44-45H,4-11,22-24,26,28H2,1-3H3/t35-/m0/s1. The summed E-state index contributed by atoms with van der Waals surface area (Å²) in [6.07, 6.45) is 13.3. The fourth-order valence-corrected chi connectivity index (χ4v) is 7.00. The van der Waals surface area contributed by atoms with E-state index >= 15 is 0 Å². The molecule has 0 saturated heterocycles. The van der Waals surface area contributed by atoms with Crippen LogP contribution in [0.4, 0.5) is 5.69 Å². The molecule has 0 amide bonds. The smallest absolute Gasteiger partial charge is 0.261 e. The summed E-state index contributed by atoms with van der Waals surface area (Å²) < 4.78 is 30.8. The van der Waals surface area contributed by atoms with Gasteiger partial charge in [0.1, 0.15) is 11.3 Å². The molecule has 4 N–H and O–H groups in total. The van der Waals surface area contributed by atoms with Gasteiger partial charge in [-0.05, 0) is 80.8 Å². The lowest BCUT2D eigenvalue weighted by molar-refractivity contribution is 0.00840. The van der Waals surface area contributed by atoms with E-state index in [9.17, 15) is 18.6 Å². The molecule has 0 aliphatic rings. The van der Waals surface area contributed by atoms with E-state index < -0.39 is 21.7 Å². The number of hydrogen-bond acceptors (Lipinski definition) is 8. The van der Waals surface area contributed by atoms with Crippen molar-refractivity contribution >= 4 is 15.7 Å². The highest BCUT2D eigenvalue weighted by Crippen LogP contribution is 2.34. The molecule has 0 aliphatic heterocycles. The van der Waals surface area contributed by atoms with Crippen molar-refractivity contribution in [3.05, 3.63) is 95.6 Å². The Bertz CT molecular complexity index is 1610. The number of aromatic nitrogens is 4. The number of pyridine rings is 1. The third-order valence-electron chi connectivity index (χ3n) is 8.82. The van der Waals surface area contributed by atoms with E-state index in [-0.39, 0.29) is 4.90 Å². The Morgan fingerprint density at radius 1 is 0.896 bits per heavy atom. The Labute approximate surface area is 286 Å². The molecule has 11 heteroatoms. The lowest BCUT2D eigenvalue weighted by atomic mass is 9.86. The molecule has 0 unspecified atom stereocenters. The summed E-state index contributed by atoms with van der Waals surface area (Å²) in [5.74, 6) is 0. The molecule has 2 heterocycles. The maximum Gasteiger partial charge on any atom is 0.261 e. The van der Waals surface area contributed by atoms with E-state index in [4.69, 9.17) is 0 Å². The second kappa shape index (κ2) is 18.2. The van der Waals surface area contributed by atoms with Crippen LogP contribution in [0.15, 0.2) is 78.0 Å². The highest BCUT2D eigenvalue weighted by atomic mass is 32.2. The van der Waals surface area contributed by atoms with Crippen LogP contribution in [0.5, 0.6) is 0 Å². The maximum atomic E-state index is 13.2.